The van der Waals surface area contributed by atoms with Crippen LogP contribution in [0.3, 0.4) is 0 Å². The molecular formula is C15H24N2O2. The van der Waals surface area contributed by atoms with Crippen molar-refractivity contribution in [3.63, 3.8) is 0 Å². The van der Waals surface area contributed by atoms with Crippen LogP contribution in [0.1, 0.15) is 32.3 Å². The van der Waals surface area contributed by atoms with Gasteiger partial charge in [-0.3, -0.25) is 4.79 Å². The van der Waals surface area contributed by atoms with Gasteiger partial charge in [0.15, 0.2) is 0 Å². The molecule has 1 aromatic rings. The van der Waals surface area contributed by atoms with Gasteiger partial charge in [-0.05, 0) is 19.4 Å². The first-order valence-corrected chi connectivity index (χ1v) is 6.82. The third kappa shape index (κ3) is 5.30. The number of para-hydroxylation sites is 1. The Bertz CT molecular complexity index is 393. The van der Waals surface area contributed by atoms with Crippen molar-refractivity contribution in [1.82, 2.24) is 10.6 Å². The third-order valence-electron chi connectivity index (χ3n) is 3.01. The molecule has 106 valence electrons. The van der Waals surface area contributed by atoms with Crippen LogP contribution < -0.4 is 15.4 Å². The summed E-state index contributed by atoms with van der Waals surface area (Å²) in [4.78, 5) is 11.8. The maximum absolute atomic E-state index is 11.8. The fourth-order valence-corrected chi connectivity index (χ4v) is 1.75. The smallest absolute Gasteiger partial charge is 0.236 e. The number of benzene rings is 1. The second-order valence-corrected chi connectivity index (χ2v) is 4.56. The molecule has 1 atom stereocenters. The molecule has 19 heavy (non-hydrogen) atoms. The van der Waals surface area contributed by atoms with E-state index in [0.717, 1.165) is 30.7 Å². The number of unbranched alkanes of at least 4 members (excludes halogenated alkanes) is 1. The molecular weight excluding hydrogens is 240 g/mol. The zero-order chi connectivity index (χ0) is 14.1. The summed E-state index contributed by atoms with van der Waals surface area (Å²) in [6, 6.07) is 7.60. The molecule has 1 rings (SSSR count). The molecule has 0 aliphatic heterocycles. The van der Waals surface area contributed by atoms with Gasteiger partial charge in [-0.1, -0.05) is 31.5 Å². The largest absolute Gasteiger partial charge is 0.496 e. The van der Waals surface area contributed by atoms with Crippen LogP contribution in [0.5, 0.6) is 5.75 Å². The summed E-state index contributed by atoms with van der Waals surface area (Å²) in [6.07, 6.45) is 2.11. The molecule has 0 aliphatic rings. The Hall–Kier alpha value is -1.55. The van der Waals surface area contributed by atoms with Crippen molar-refractivity contribution in [3.05, 3.63) is 29.8 Å². The number of ether oxygens (including phenoxy) is 1. The minimum absolute atomic E-state index is 0.0448. The number of carbonyl (C=O) groups is 1. The van der Waals surface area contributed by atoms with Crippen molar-refractivity contribution in [1.29, 1.82) is 0 Å². The highest BCUT2D eigenvalue weighted by atomic mass is 16.5. The molecule has 1 aromatic carbocycles. The molecule has 1 unspecified atom stereocenters. The quantitative estimate of drug-likeness (QED) is 0.707. The van der Waals surface area contributed by atoms with E-state index < -0.39 is 0 Å². The number of amides is 1. The molecule has 4 nitrogen and oxygen atoms in total. The van der Waals surface area contributed by atoms with Crippen LogP contribution in [0.15, 0.2) is 24.3 Å². The topological polar surface area (TPSA) is 50.4 Å². The van der Waals surface area contributed by atoms with Crippen molar-refractivity contribution in [2.45, 2.75) is 39.3 Å². The van der Waals surface area contributed by atoms with Crippen molar-refractivity contribution in [3.8, 4) is 5.75 Å². The van der Waals surface area contributed by atoms with Crippen molar-refractivity contribution in [2.75, 3.05) is 13.7 Å². The summed E-state index contributed by atoms with van der Waals surface area (Å²) in [5.41, 5.74) is 1.05. The summed E-state index contributed by atoms with van der Waals surface area (Å²) in [5, 5.41) is 6.12. The second kappa shape index (κ2) is 8.53. The van der Waals surface area contributed by atoms with Gasteiger partial charge in [0.1, 0.15) is 5.75 Å². The molecule has 0 radical (unpaired) electrons. The van der Waals surface area contributed by atoms with Gasteiger partial charge in [0, 0.05) is 18.7 Å². The standard InChI is InChI=1S/C15H24N2O2/c1-4-5-10-16-15(18)12(2)17-11-13-8-6-7-9-14(13)19-3/h6-9,12,17H,4-5,10-11H2,1-3H3,(H,16,18). The lowest BCUT2D eigenvalue weighted by molar-refractivity contribution is -0.122. The Kier molecular flexibility index (Phi) is 6.97. The third-order valence-corrected chi connectivity index (χ3v) is 3.01. The Morgan fingerprint density at radius 3 is 2.79 bits per heavy atom. The highest BCUT2D eigenvalue weighted by molar-refractivity contribution is 5.81. The van der Waals surface area contributed by atoms with Crippen molar-refractivity contribution >= 4 is 5.91 Å². The van der Waals surface area contributed by atoms with Crippen molar-refractivity contribution in [2.24, 2.45) is 0 Å². The van der Waals surface area contributed by atoms with Crippen LogP contribution in [-0.4, -0.2) is 25.6 Å². The lowest BCUT2D eigenvalue weighted by Gasteiger charge is -2.15. The SMILES string of the molecule is CCCCNC(=O)C(C)NCc1ccccc1OC. The minimum Gasteiger partial charge on any atom is -0.496 e. The molecule has 1 amide bonds. The van der Waals surface area contributed by atoms with E-state index in [1.807, 2.05) is 31.2 Å². The fourth-order valence-electron chi connectivity index (χ4n) is 1.75. The maximum atomic E-state index is 11.8. The summed E-state index contributed by atoms with van der Waals surface area (Å²) >= 11 is 0. The number of methoxy groups -OCH3 is 1. The Morgan fingerprint density at radius 1 is 1.37 bits per heavy atom. The summed E-state index contributed by atoms with van der Waals surface area (Å²) < 4.78 is 5.28. The second-order valence-electron chi connectivity index (χ2n) is 4.56. The van der Waals surface area contributed by atoms with E-state index >= 15 is 0 Å². The van der Waals surface area contributed by atoms with E-state index in [9.17, 15) is 4.79 Å². The molecule has 0 spiro atoms. The molecule has 0 aliphatic carbocycles. The number of hydrogen-bond acceptors (Lipinski definition) is 3. The predicted molar refractivity (Wildman–Crippen MR) is 77.2 cm³/mol. The number of carbonyl (C=O) groups excluding carboxylic acids is 1. The maximum Gasteiger partial charge on any atom is 0.236 e. The number of rotatable bonds is 8. The minimum atomic E-state index is -0.207. The van der Waals surface area contributed by atoms with Gasteiger partial charge in [-0.2, -0.15) is 0 Å². The van der Waals surface area contributed by atoms with Crippen LogP contribution in [-0.2, 0) is 11.3 Å². The normalized spacial score (nSPS) is 11.9. The number of hydrogen-bond donors (Lipinski definition) is 2. The van der Waals surface area contributed by atoms with Gasteiger partial charge in [0.2, 0.25) is 5.91 Å². The van der Waals surface area contributed by atoms with Gasteiger partial charge in [0.05, 0.1) is 13.2 Å². The van der Waals surface area contributed by atoms with Gasteiger partial charge in [-0.25, -0.2) is 0 Å². The molecule has 0 heterocycles. The fraction of sp³-hybridized carbons (Fsp3) is 0.533. The van der Waals surface area contributed by atoms with Gasteiger partial charge < -0.3 is 15.4 Å². The van der Waals surface area contributed by atoms with Gasteiger partial charge >= 0.3 is 0 Å². The molecule has 4 heteroatoms. The van der Waals surface area contributed by atoms with Crippen molar-refractivity contribution < 1.29 is 9.53 Å². The van der Waals surface area contributed by atoms with E-state index in [4.69, 9.17) is 4.74 Å². The molecule has 0 aromatic heterocycles. The predicted octanol–water partition coefficient (Wildman–Crippen LogP) is 2.09. The first kappa shape index (κ1) is 15.5. The van der Waals surface area contributed by atoms with Crippen LogP contribution in [0.25, 0.3) is 0 Å². The highest BCUT2D eigenvalue weighted by Gasteiger charge is 2.12. The summed E-state index contributed by atoms with van der Waals surface area (Å²) in [6.45, 7) is 5.34. The monoisotopic (exact) mass is 264 g/mol. The van der Waals surface area contributed by atoms with Crippen LogP contribution >= 0.6 is 0 Å². The highest BCUT2D eigenvalue weighted by Crippen LogP contribution is 2.16. The van der Waals surface area contributed by atoms with Gasteiger partial charge in [0.25, 0.3) is 0 Å². The van der Waals surface area contributed by atoms with Crippen LogP contribution in [0.4, 0.5) is 0 Å². The summed E-state index contributed by atoms with van der Waals surface area (Å²) in [5.74, 6) is 0.886. The van der Waals surface area contributed by atoms with E-state index in [0.29, 0.717) is 6.54 Å². The Balaban J connectivity index is 2.40. The van der Waals surface area contributed by atoms with Gasteiger partial charge in [-0.15, -0.1) is 0 Å². The Morgan fingerprint density at radius 2 is 2.11 bits per heavy atom. The number of nitrogens with one attached hydrogen (secondary N) is 2. The molecule has 0 saturated heterocycles. The van der Waals surface area contributed by atoms with E-state index in [1.54, 1.807) is 7.11 Å². The van der Waals surface area contributed by atoms with Crippen LogP contribution in [0.2, 0.25) is 0 Å². The average molecular weight is 264 g/mol. The molecule has 2 N–H and O–H groups in total. The molecule has 0 saturated carbocycles. The Labute approximate surface area is 115 Å². The zero-order valence-corrected chi connectivity index (χ0v) is 12.0. The zero-order valence-electron chi connectivity index (χ0n) is 12.0. The lowest BCUT2D eigenvalue weighted by Crippen LogP contribution is -2.42. The average Bonchev–Trinajstić information content (AvgIpc) is 2.45. The lowest BCUT2D eigenvalue weighted by atomic mass is 10.2. The van der Waals surface area contributed by atoms with E-state index in [-0.39, 0.29) is 11.9 Å². The van der Waals surface area contributed by atoms with Crippen LogP contribution in [0, 0.1) is 0 Å². The first-order valence-electron chi connectivity index (χ1n) is 6.82. The molecule has 0 fully saturated rings. The summed E-state index contributed by atoms with van der Waals surface area (Å²) in [7, 11) is 1.65. The van der Waals surface area contributed by atoms with E-state index in [1.165, 1.54) is 0 Å². The molecule has 0 bridgehead atoms. The first-order chi connectivity index (χ1) is 9.19. The van der Waals surface area contributed by atoms with E-state index in [2.05, 4.69) is 17.6 Å².